The lowest BCUT2D eigenvalue weighted by molar-refractivity contribution is -0.143. The van der Waals surface area contributed by atoms with Crippen molar-refractivity contribution < 1.29 is 28.9 Å². The van der Waals surface area contributed by atoms with Gasteiger partial charge in [0.1, 0.15) is 11.5 Å². The summed E-state index contributed by atoms with van der Waals surface area (Å²) in [7, 11) is 1.66. The standard InChI is InChI=1S/C38H46N2O6/c1-6-26-19-24(3)20-27(7-2)36(26)39-34(41)23-40-22-32(29-11-14-33-31(21-29)25(4)15-18-46-33)35(38(42)43)37(40)28-9-12-30(13-10-28)45-17-8-16-44-5/h9-14,19-21,32,35,37H,4,6-8,15-18,22-23H2,1-3,5H3,(H,39,41)(H,42,43)/t32-,35-,37+/m1/s1. The number of aliphatic carboxylic acids is 1. The Morgan fingerprint density at radius 2 is 1.72 bits per heavy atom. The molecule has 0 aliphatic carbocycles. The van der Waals surface area contributed by atoms with Gasteiger partial charge in [-0.05, 0) is 71.9 Å². The first-order chi connectivity index (χ1) is 22.2. The fourth-order valence-electron chi connectivity index (χ4n) is 6.91. The second-order valence-corrected chi connectivity index (χ2v) is 12.3. The van der Waals surface area contributed by atoms with Crippen LogP contribution in [0.5, 0.6) is 11.5 Å². The number of methoxy groups -OCH3 is 1. The number of nitrogens with one attached hydrogen (secondary N) is 1. The lowest BCUT2D eigenvalue weighted by Gasteiger charge is -2.27. The minimum Gasteiger partial charge on any atom is -0.494 e. The summed E-state index contributed by atoms with van der Waals surface area (Å²) in [6.45, 7) is 12.7. The normalized spacial score (nSPS) is 19.4. The van der Waals surface area contributed by atoms with Crippen LogP contribution in [0, 0.1) is 12.8 Å². The van der Waals surface area contributed by atoms with Crippen molar-refractivity contribution in [3.05, 3.63) is 94.6 Å². The number of anilines is 1. The SMILES string of the molecule is C=C1CCOc2ccc([C@H]3CN(CC(=O)Nc4c(CC)cc(C)cc4CC)[C@@H](c4ccc(OCCCOC)cc4)[C@@H]3C(=O)O)cc21. The predicted octanol–water partition coefficient (Wildman–Crippen LogP) is 6.81. The van der Waals surface area contributed by atoms with Crippen molar-refractivity contribution in [2.24, 2.45) is 5.92 Å². The van der Waals surface area contributed by atoms with Gasteiger partial charge in [-0.15, -0.1) is 0 Å². The van der Waals surface area contributed by atoms with Crippen molar-refractivity contribution in [2.75, 3.05) is 45.3 Å². The zero-order valence-electron chi connectivity index (χ0n) is 27.4. The third kappa shape index (κ3) is 7.29. The summed E-state index contributed by atoms with van der Waals surface area (Å²) in [6.07, 6.45) is 3.10. The molecule has 0 radical (unpaired) electrons. The molecule has 0 aromatic heterocycles. The summed E-state index contributed by atoms with van der Waals surface area (Å²) in [5.41, 5.74) is 7.88. The number of amides is 1. The first kappa shape index (κ1) is 33.2. The smallest absolute Gasteiger partial charge is 0.309 e. The summed E-state index contributed by atoms with van der Waals surface area (Å²) in [5.74, 6) is -0.711. The molecule has 2 heterocycles. The number of carbonyl (C=O) groups is 2. The monoisotopic (exact) mass is 626 g/mol. The molecule has 0 saturated carbocycles. The Bertz CT molecular complexity index is 1540. The molecule has 3 aromatic rings. The quantitative estimate of drug-likeness (QED) is 0.201. The molecule has 3 aromatic carbocycles. The average Bonchev–Trinajstić information content (AvgIpc) is 3.43. The van der Waals surface area contributed by atoms with E-state index >= 15 is 0 Å². The van der Waals surface area contributed by atoms with E-state index in [1.165, 1.54) is 5.56 Å². The predicted molar refractivity (Wildman–Crippen MR) is 181 cm³/mol. The highest BCUT2D eigenvalue weighted by molar-refractivity contribution is 5.94. The number of benzene rings is 3. The van der Waals surface area contributed by atoms with Crippen LogP contribution in [0.15, 0.2) is 61.2 Å². The van der Waals surface area contributed by atoms with Crippen molar-refractivity contribution in [2.45, 2.75) is 58.4 Å². The fourth-order valence-corrected chi connectivity index (χ4v) is 6.91. The second kappa shape index (κ2) is 15.0. The van der Waals surface area contributed by atoms with Crippen molar-refractivity contribution in [3.63, 3.8) is 0 Å². The van der Waals surface area contributed by atoms with Gasteiger partial charge in [-0.2, -0.15) is 0 Å². The number of carbonyl (C=O) groups excluding carboxylic acids is 1. The number of nitrogens with zero attached hydrogens (tertiary/aromatic N) is 1. The molecule has 1 fully saturated rings. The van der Waals surface area contributed by atoms with Crippen LogP contribution in [0.4, 0.5) is 5.69 Å². The lowest BCUT2D eigenvalue weighted by atomic mass is 9.82. The summed E-state index contributed by atoms with van der Waals surface area (Å²) in [6, 6.07) is 17.2. The van der Waals surface area contributed by atoms with Gasteiger partial charge in [-0.3, -0.25) is 14.5 Å². The average molecular weight is 627 g/mol. The first-order valence-electron chi connectivity index (χ1n) is 16.3. The lowest BCUT2D eigenvalue weighted by Crippen LogP contribution is -2.35. The maximum absolute atomic E-state index is 13.8. The summed E-state index contributed by atoms with van der Waals surface area (Å²) < 4.78 is 16.8. The highest BCUT2D eigenvalue weighted by Crippen LogP contribution is 2.47. The molecule has 1 saturated heterocycles. The van der Waals surface area contributed by atoms with Gasteiger partial charge in [0.25, 0.3) is 0 Å². The summed E-state index contributed by atoms with van der Waals surface area (Å²) in [4.78, 5) is 28.9. The Kier molecular flexibility index (Phi) is 10.8. The number of aryl methyl sites for hydroxylation is 3. The number of hydrogen-bond donors (Lipinski definition) is 2. The molecular weight excluding hydrogens is 580 g/mol. The molecule has 0 spiro atoms. The van der Waals surface area contributed by atoms with Crippen LogP contribution in [0.1, 0.15) is 72.0 Å². The number of hydrogen-bond acceptors (Lipinski definition) is 6. The van der Waals surface area contributed by atoms with E-state index in [4.69, 9.17) is 14.2 Å². The number of carboxylic acid groups (broad SMARTS) is 1. The Hall–Kier alpha value is -4.14. The molecule has 2 aliphatic rings. The summed E-state index contributed by atoms with van der Waals surface area (Å²) in [5, 5.41) is 13.9. The number of fused-ring (bicyclic) bond motifs is 1. The van der Waals surface area contributed by atoms with E-state index in [9.17, 15) is 14.7 Å². The molecule has 5 rings (SSSR count). The highest BCUT2D eigenvalue weighted by atomic mass is 16.5. The molecule has 244 valence electrons. The zero-order valence-corrected chi connectivity index (χ0v) is 27.4. The molecule has 3 atom stereocenters. The summed E-state index contributed by atoms with van der Waals surface area (Å²) >= 11 is 0. The van der Waals surface area contributed by atoms with E-state index in [1.54, 1.807) is 7.11 Å². The van der Waals surface area contributed by atoms with Gasteiger partial charge < -0.3 is 24.6 Å². The van der Waals surface area contributed by atoms with E-state index < -0.39 is 17.9 Å². The minimum absolute atomic E-state index is 0.0567. The Morgan fingerprint density at radius 3 is 2.37 bits per heavy atom. The zero-order chi connectivity index (χ0) is 32.8. The minimum atomic E-state index is -0.898. The van der Waals surface area contributed by atoms with E-state index in [-0.39, 0.29) is 18.4 Å². The Labute approximate surface area is 272 Å². The van der Waals surface area contributed by atoms with Crippen LogP contribution in [0.3, 0.4) is 0 Å². The topological polar surface area (TPSA) is 97.3 Å². The van der Waals surface area contributed by atoms with Crippen molar-refractivity contribution in [1.82, 2.24) is 4.90 Å². The number of rotatable bonds is 13. The van der Waals surface area contributed by atoms with Gasteiger partial charge in [-0.1, -0.05) is 56.3 Å². The number of ether oxygens (including phenoxy) is 3. The van der Waals surface area contributed by atoms with Gasteiger partial charge in [0, 0.05) is 56.3 Å². The fraction of sp³-hybridized carbons (Fsp3) is 0.421. The van der Waals surface area contributed by atoms with Gasteiger partial charge in [0.15, 0.2) is 0 Å². The van der Waals surface area contributed by atoms with Gasteiger partial charge >= 0.3 is 5.97 Å². The molecule has 2 aliphatic heterocycles. The molecule has 0 bridgehead atoms. The molecule has 1 amide bonds. The number of carboxylic acids is 1. The number of likely N-dealkylation sites (tertiary alicyclic amines) is 1. The first-order valence-corrected chi connectivity index (χ1v) is 16.3. The molecular formula is C38H46N2O6. The third-order valence-corrected chi connectivity index (χ3v) is 9.16. The van der Waals surface area contributed by atoms with E-state index in [1.807, 2.05) is 47.4 Å². The van der Waals surface area contributed by atoms with Crippen molar-refractivity contribution in [3.8, 4) is 11.5 Å². The molecule has 46 heavy (non-hydrogen) atoms. The Morgan fingerprint density at radius 1 is 1.02 bits per heavy atom. The molecule has 8 heteroatoms. The van der Waals surface area contributed by atoms with E-state index in [2.05, 4.69) is 44.8 Å². The van der Waals surface area contributed by atoms with Crippen molar-refractivity contribution in [1.29, 1.82) is 0 Å². The van der Waals surface area contributed by atoms with Crippen LogP contribution >= 0.6 is 0 Å². The van der Waals surface area contributed by atoms with Crippen LogP contribution in [-0.4, -0.2) is 61.9 Å². The molecule has 2 N–H and O–H groups in total. The van der Waals surface area contributed by atoms with Crippen LogP contribution in [0.2, 0.25) is 0 Å². The second-order valence-electron chi connectivity index (χ2n) is 12.3. The van der Waals surface area contributed by atoms with Gasteiger partial charge in [-0.25, -0.2) is 0 Å². The third-order valence-electron chi connectivity index (χ3n) is 9.16. The maximum Gasteiger partial charge on any atom is 0.309 e. The van der Waals surface area contributed by atoms with Gasteiger partial charge in [0.05, 0.1) is 25.7 Å². The van der Waals surface area contributed by atoms with Crippen LogP contribution in [-0.2, 0) is 27.2 Å². The van der Waals surface area contributed by atoms with E-state index in [0.717, 1.165) is 70.5 Å². The van der Waals surface area contributed by atoms with E-state index in [0.29, 0.717) is 32.1 Å². The molecule has 8 nitrogen and oxygen atoms in total. The largest absolute Gasteiger partial charge is 0.494 e. The maximum atomic E-state index is 13.8. The molecule has 0 unspecified atom stereocenters. The van der Waals surface area contributed by atoms with Crippen LogP contribution < -0.4 is 14.8 Å². The van der Waals surface area contributed by atoms with Crippen LogP contribution in [0.25, 0.3) is 5.57 Å². The highest BCUT2D eigenvalue weighted by Gasteiger charge is 2.48. The van der Waals surface area contributed by atoms with Gasteiger partial charge in [0.2, 0.25) is 5.91 Å². The van der Waals surface area contributed by atoms with Crippen molar-refractivity contribution >= 4 is 23.1 Å². The Balaban J connectivity index is 1.47.